The summed E-state index contributed by atoms with van der Waals surface area (Å²) in [4.78, 5) is 12.7. The van der Waals surface area contributed by atoms with Crippen LogP contribution in [0.15, 0.2) is 17.3 Å². The van der Waals surface area contributed by atoms with E-state index in [0.717, 1.165) is 0 Å². The average Bonchev–Trinajstić information content (AvgIpc) is 2.70. The molecule has 0 aliphatic heterocycles. The molecule has 0 saturated heterocycles. The Morgan fingerprint density at radius 2 is 2.25 bits per heavy atom. The lowest BCUT2D eigenvalue weighted by molar-refractivity contribution is -0.128. The van der Waals surface area contributed by atoms with Crippen LogP contribution in [0.5, 0.6) is 0 Å². The lowest BCUT2D eigenvalue weighted by atomic mass is 10.4. The van der Waals surface area contributed by atoms with E-state index in [2.05, 4.69) is 14.9 Å². The van der Waals surface area contributed by atoms with Crippen LogP contribution < -0.4 is 4.72 Å². The van der Waals surface area contributed by atoms with Gasteiger partial charge in [0.15, 0.2) is 0 Å². The molecule has 0 radical (unpaired) electrons. The minimum atomic E-state index is -3.55. The Labute approximate surface area is 93.9 Å². The first-order valence-corrected chi connectivity index (χ1v) is 6.10. The second-order valence-corrected chi connectivity index (χ2v) is 5.14. The summed E-state index contributed by atoms with van der Waals surface area (Å²) in [6, 6.07) is 0. The van der Waals surface area contributed by atoms with Crippen LogP contribution in [0.4, 0.5) is 0 Å². The first-order chi connectivity index (χ1) is 7.43. The molecule has 0 atom stereocenters. The van der Waals surface area contributed by atoms with Gasteiger partial charge in [0.25, 0.3) is 0 Å². The number of hydrogen-bond acceptors (Lipinski definition) is 4. The quantitative estimate of drug-likeness (QED) is 0.708. The van der Waals surface area contributed by atoms with Gasteiger partial charge in [-0.25, -0.2) is 13.1 Å². The Hall–Kier alpha value is -1.41. The van der Waals surface area contributed by atoms with Crippen LogP contribution in [0, 0.1) is 0 Å². The van der Waals surface area contributed by atoms with Crippen molar-refractivity contribution in [3.63, 3.8) is 0 Å². The third-order valence-corrected chi connectivity index (χ3v) is 3.34. The van der Waals surface area contributed by atoms with Crippen LogP contribution >= 0.6 is 0 Å². The van der Waals surface area contributed by atoms with Gasteiger partial charge >= 0.3 is 0 Å². The fourth-order valence-electron chi connectivity index (χ4n) is 0.985. The van der Waals surface area contributed by atoms with Crippen LogP contribution in [0.3, 0.4) is 0 Å². The van der Waals surface area contributed by atoms with Gasteiger partial charge in [-0.2, -0.15) is 5.10 Å². The molecule has 0 aliphatic rings. The number of rotatable bonds is 5. The van der Waals surface area contributed by atoms with Crippen LogP contribution in [-0.4, -0.2) is 50.1 Å². The molecule has 16 heavy (non-hydrogen) atoms. The van der Waals surface area contributed by atoms with E-state index in [1.807, 2.05) is 0 Å². The Morgan fingerprint density at radius 1 is 1.56 bits per heavy atom. The zero-order valence-electron chi connectivity index (χ0n) is 9.10. The van der Waals surface area contributed by atoms with E-state index < -0.39 is 10.0 Å². The monoisotopic (exact) mass is 246 g/mol. The minimum Gasteiger partial charge on any atom is -0.349 e. The van der Waals surface area contributed by atoms with Crippen LogP contribution in [0.2, 0.25) is 0 Å². The van der Waals surface area contributed by atoms with Gasteiger partial charge in [0, 0.05) is 33.3 Å². The Kier molecular flexibility index (Phi) is 4.02. The standard InChI is InChI=1S/C8H14N4O3S/c1-12(2)8(13)3-4-11-16(14,15)7-5-9-10-6-7/h5-6,11H,3-4H2,1-2H3,(H,9,10). The van der Waals surface area contributed by atoms with Crippen molar-refractivity contribution in [3.05, 3.63) is 12.4 Å². The number of nitrogens with one attached hydrogen (secondary N) is 2. The number of amides is 1. The van der Waals surface area contributed by atoms with Crippen molar-refractivity contribution in [2.45, 2.75) is 11.3 Å². The maximum Gasteiger partial charge on any atom is 0.243 e. The molecule has 7 nitrogen and oxygen atoms in total. The largest absolute Gasteiger partial charge is 0.349 e. The number of hydrogen-bond donors (Lipinski definition) is 2. The molecule has 90 valence electrons. The lowest BCUT2D eigenvalue weighted by Crippen LogP contribution is -2.30. The molecule has 0 unspecified atom stereocenters. The minimum absolute atomic E-state index is 0.0600. The van der Waals surface area contributed by atoms with Gasteiger partial charge in [-0.1, -0.05) is 0 Å². The first kappa shape index (κ1) is 12.7. The summed E-state index contributed by atoms with van der Waals surface area (Å²) in [6.45, 7) is 0.0739. The molecule has 1 aromatic heterocycles. The fourth-order valence-corrected chi connectivity index (χ4v) is 1.92. The van der Waals surface area contributed by atoms with Gasteiger partial charge in [0.2, 0.25) is 15.9 Å². The highest BCUT2D eigenvalue weighted by molar-refractivity contribution is 7.89. The van der Waals surface area contributed by atoms with Gasteiger partial charge in [-0.3, -0.25) is 9.89 Å². The van der Waals surface area contributed by atoms with E-state index >= 15 is 0 Å². The van der Waals surface area contributed by atoms with Crippen molar-refractivity contribution < 1.29 is 13.2 Å². The summed E-state index contributed by atoms with van der Waals surface area (Å²) < 4.78 is 25.4. The smallest absolute Gasteiger partial charge is 0.243 e. The summed E-state index contributed by atoms with van der Waals surface area (Å²) >= 11 is 0. The highest BCUT2D eigenvalue weighted by atomic mass is 32.2. The molecule has 1 heterocycles. The van der Waals surface area contributed by atoms with E-state index in [9.17, 15) is 13.2 Å². The van der Waals surface area contributed by atoms with Gasteiger partial charge < -0.3 is 4.90 Å². The van der Waals surface area contributed by atoms with Crippen molar-refractivity contribution in [2.75, 3.05) is 20.6 Å². The van der Waals surface area contributed by atoms with Crippen molar-refractivity contribution in [1.82, 2.24) is 19.8 Å². The highest BCUT2D eigenvalue weighted by Gasteiger charge is 2.15. The first-order valence-electron chi connectivity index (χ1n) is 4.62. The molecular weight excluding hydrogens is 232 g/mol. The van der Waals surface area contributed by atoms with E-state index in [1.165, 1.54) is 17.3 Å². The Balaban J connectivity index is 2.47. The zero-order chi connectivity index (χ0) is 12.2. The van der Waals surface area contributed by atoms with Gasteiger partial charge in [-0.15, -0.1) is 0 Å². The summed E-state index contributed by atoms with van der Waals surface area (Å²) in [7, 11) is -0.317. The molecule has 0 saturated carbocycles. The topological polar surface area (TPSA) is 95.2 Å². The van der Waals surface area contributed by atoms with E-state index in [4.69, 9.17) is 0 Å². The Morgan fingerprint density at radius 3 is 2.75 bits per heavy atom. The number of sulfonamides is 1. The molecule has 8 heteroatoms. The maximum atomic E-state index is 11.5. The summed E-state index contributed by atoms with van der Waals surface area (Å²) in [5.41, 5.74) is 0. The van der Waals surface area contributed by atoms with E-state index in [-0.39, 0.29) is 23.8 Å². The second-order valence-electron chi connectivity index (χ2n) is 3.37. The number of aromatic amines is 1. The lowest BCUT2D eigenvalue weighted by Gasteiger charge is -2.10. The third-order valence-electron chi connectivity index (χ3n) is 1.91. The van der Waals surface area contributed by atoms with Crippen molar-refractivity contribution in [3.8, 4) is 0 Å². The number of carbonyl (C=O) groups excluding carboxylic acids is 1. The van der Waals surface area contributed by atoms with Gasteiger partial charge in [-0.05, 0) is 0 Å². The zero-order valence-corrected chi connectivity index (χ0v) is 9.91. The molecule has 0 fully saturated rings. The van der Waals surface area contributed by atoms with Gasteiger partial charge in [0.1, 0.15) is 4.90 Å². The van der Waals surface area contributed by atoms with Crippen LogP contribution in [0.1, 0.15) is 6.42 Å². The van der Waals surface area contributed by atoms with Crippen molar-refractivity contribution >= 4 is 15.9 Å². The molecule has 0 bridgehead atoms. The predicted molar refractivity (Wildman–Crippen MR) is 57.1 cm³/mol. The molecule has 1 rings (SSSR count). The molecule has 2 N–H and O–H groups in total. The summed E-state index contributed by atoms with van der Waals surface area (Å²) in [6.07, 6.45) is 2.61. The molecule has 1 amide bonds. The number of nitrogens with zero attached hydrogens (tertiary/aromatic N) is 2. The molecule has 1 aromatic rings. The molecule has 0 aliphatic carbocycles. The third kappa shape index (κ3) is 3.31. The predicted octanol–water partition coefficient (Wildman–Crippen LogP) is -0.834. The van der Waals surface area contributed by atoms with E-state index in [0.29, 0.717) is 0 Å². The Bertz CT molecular complexity index is 438. The summed E-state index contributed by atoms with van der Waals surface area (Å²) in [5.74, 6) is -0.130. The fraction of sp³-hybridized carbons (Fsp3) is 0.500. The molecule has 0 aromatic carbocycles. The number of carbonyl (C=O) groups is 1. The maximum absolute atomic E-state index is 11.5. The van der Waals surface area contributed by atoms with E-state index in [1.54, 1.807) is 14.1 Å². The van der Waals surface area contributed by atoms with Gasteiger partial charge in [0.05, 0.1) is 6.20 Å². The van der Waals surface area contributed by atoms with Crippen LogP contribution in [0.25, 0.3) is 0 Å². The molecular formula is C8H14N4O3S. The second kappa shape index (κ2) is 5.08. The SMILES string of the molecule is CN(C)C(=O)CCNS(=O)(=O)c1cn[nH]c1. The normalized spacial score (nSPS) is 11.4. The summed E-state index contributed by atoms with van der Waals surface area (Å²) in [5, 5.41) is 5.95. The highest BCUT2D eigenvalue weighted by Crippen LogP contribution is 2.03. The average molecular weight is 246 g/mol. The number of aromatic nitrogens is 2. The molecule has 0 spiro atoms. The van der Waals surface area contributed by atoms with Crippen molar-refractivity contribution in [2.24, 2.45) is 0 Å². The van der Waals surface area contributed by atoms with Crippen molar-refractivity contribution in [1.29, 1.82) is 0 Å². The number of H-pyrrole nitrogens is 1. The van der Waals surface area contributed by atoms with Crippen LogP contribution in [-0.2, 0) is 14.8 Å².